The number of fused-ring (bicyclic) bond motifs is 1. The molecule has 2 aliphatic heterocycles. The number of amides is 1. The summed E-state index contributed by atoms with van der Waals surface area (Å²) in [6.07, 6.45) is 0.922. The van der Waals surface area contributed by atoms with Crippen molar-refractivity contribution in [2.24, 2.45) is 0 Å². The minimum atomic E-state index is -0.380. The number of carbonyl (C=O) groups excluding carboxylic acids is 1. The third kappa shape index (κ3) is 3.57. The minimum Gasteiger partial charge on any atom is -0.360 e. The lowest BCUT2D eigenvalue weighted by atomic mass is 10.1. The van der Waals surface area contributed by atoms with Crippen LogP contribution in [0.1, 0.15) is 12.5 Å². The van der Waals surface area contributed by atoms with Crippen molar-refractivity contribution in [1.82, 2.24) is 0 Å². The zero-order valence-electron chi connectivity index (χ0n) is 16.0. The van der Waals surface area contributed by atoms with Crippen LogP contribution in [0, 0.1) is 10.1 Å². The molecule has 0 spiro atoms. The van der Waals surface area contributed by atoms with Gasteiger partial charge >= 0.3 is 0 Å². The summed E-state index contributed by atoms with van der Waals surface area (Å²) in [7, 11) is 0. The number of hydrogen-bond donors (Lipinski definition) is 1. The van der Waals surface area contributed by atoms with Crippen LogP contribution in [0.15, 0.2) is 48.5 Å². The lowest BCUT2D eigenvalue weighted by Gasteiger charge is -2.34. The Kier molecular flexibility index (Phi) is 5.00. The standard InChI is InChI=1S/C21H24N4O3/c1-16-14-17-4-2-3-5-20(17)24(16)21(26)15-22-10-12-23(13-11-22)18-6-8-19(9-7-18)25(27)28/h2-9,16H,10-15H2,1H3/p+1/t16-/m1/s1. The summed E-state index contributed by atoms with van der Waals surface area (Å²) in [5.74, 6) is 0.191. The number of rotatable bonds is 4. The normalized spacial score (nSPS) is 19.5. The summed E-state index contributed by atoms with van der Waals surface area (Å²) in [5, 5.41) is 10.8. The molecule has 2 aromatic carbocycles. The quantitative estimate of drug-likeness (QED) is 0.640. The monoisotopic (exact) mass is 381 g/mol. The van der Waals surface area contributed by atoms with Crippen molar-refractivity contribution in [2.75, 3.05) is 42.5 Å². The number of nitrogens with zero attached hydrogens (tertiary/aromatic N) is 3. The first kappa shape index (κ1) is 18.4. The topological polar surface area (TPSA) is 71.1 Å². The maximum absolute atomic E-state index is 13.0. The summed E-state index contributed by atoms with van der Waals surface area (Å²) < 4.78 is 0. The molecule has 1 fully saturated rings. The molecule has 0 radical (unpaired) electrons. The van der Waals surface area contributed by atoms with E-state index < -0.39 is 0 Å². The number of hydrogen-bond acceptors (Lipinski definition) is 4. The van der Waals surface area contributed by atoms with E-state index in [1.54, 1.807) is 24.3 Å². The fourth-order valence-corrected chi connectivity index (χ4v) is 4.29. The molecule has 2 heterocycles. The number of nitro benzene ring substituents is 1. The Morgan fingerprint density at radius 2 is 1.82 bits per heavy atom. The van der Waals surface area contributed by atoms with Crippen molar-refractivity contribution in [3.63, 3.8) is 0 Å². The number of para-hydroxylation sites is 1. The van der Waals surface area contributed by atoms with Crippen LogP contribution in [-0.4, -0.2) is 49.6 Å². The van der Waals surface area contributed by atoms with Gasteiger partial charge in [-0.3, -0.25) is 14.9 Å². The van der Waals surface area contributed by atoms with E-state index in [1.165, 1.54) is 10.5 Å². The third-order valence-electron chi connectivity index (χ3n) is 5.77. The Hall–Kier alpha value is -2.93. The van der Waals surface area contributed by atoms with Crippen LogP contribution in [0.5, 0.6) is 0 Å². The maximum Gasteiger partial charge on any atom is 0.282 e. The van der Waals surface area contributed by atoms with Gasteiger partial charge in [0.15, 0.2) is 6.54 Å². The zero-order valence-corrected chi connectivity index (χ0v) is 16.0. The molecule has 7 nitrogen and oxygen atoms in total. The van der Waals surface area contributed by atoms with Crippen molar-refractivity contribution in [3.8, 4) is 0 Å². The highest BCUT2D eigenvalue weighted by Gasteiger charge is 2.33. The van der Waals surface area contributed by atoms with Gasteiger partial charge in [-0.15, -0.1) is 0 Å². The SMILES string of the molecule is C[C@@H]1Cc2ccccc2N1C(=O)C[NH+]1CCN(c2ccc([N+](=O)[O-])cc2)CC1. The van der Waals surface area contributed by atoms with Crippen LogP contribution in [0.3, 0.4) is 0 Å². The molecule has 1 N–H and O–H groups in total. The maximum atomic E-state index is 13.0. The fraction of sp³-hybridized carbons (Fsp3) is 0.381. The van der Waals surface area contributed by atoms with Crippen molar-refractivity contribution in [3.05, 3.63) is 64.2 Å². The second kappa shape index (κ2) is 7.59. The van der Waals surface area contributed by atoms with E-state index in [4.69, 9.17) is 0 Å². The molecule has 2 aromatic rings. The largest absolute Gasteiger partial charge is 0.360 e. The molecule has 1 atom stereocenters. The Balaban J connectivity index is 1.34. The average molecular weight is 381 g/mol. The minimum absolute atomic E-state index is 0.110. The number of piperazine rings is 1. The molecule has 4 rings (SSSR count). The van der Waals surface area contributed by atoms with E-state index in [-0.39, 0.29) is 22.6 Å². The van der Waals surface area contributed by atoms with Crippen molar-refractivity contribution in [2.45, 2.75) is 19.4 Å². The molecule has 0 saturated carbocycles. The van der Waals surface area contributed by atoms with Gasteiger partial charge in [0.25, 0.3) is 11.6 Å². The van der Waals surface area contributed by atoms with Gasteiger partial charge in [0.2, 0.25) is 0 Å². The van der Waals surface area contributed by atoms with Crippen molar-refractivity contribution >= 4 is 23.0 Å². The molecule has 28 heavy (non-hydrogen) atoms. The predicted octanol–water partition coefficient (Wildman–Crippen LogP) is 1.28. The summed E-state index contributed by atoms with van der Waals surface area (Å²) in [4.78, 5) is 28.9. The first-order valence-corrected chi connectivity index (χ1v) is 9.76. The van der Waals surface area contributed by atoms with Gasteiger partial charge in [0.1, 0.15) is 0 Å². The van der Waals surface area contributed by atoms with Crippen LogP contribution in [-0.2, 0) is 11.2 Å². The number of carbonyl (C=O) groups is 1. The number of nitrogens with one attached hydrogen (secondary N) is 1. The van der Waals surface area contributed by atoms with E-state index in [0.29, 0.717) is 6.54 Å². The first-order chi connectivity index (χ1) is 13.5. The highest BCUT2D eigenvalue weighted by Crippen LogP contribution is 2.31. The summed E-state index contributed by atoms with van der Waals surface area (Å²) >= 11 is 0. The van der Waals surface area contributed by atoms with Gasteiger partial charge in [-0.2, -0.15) is 0 Å². The van der Waals surface area contributed by atoms with Gasteiger partial charge < -0.3 is 14.7 Å². The van der Waals surface area contributed by atoms with Gasteiger partial charge in [-0.25, -0.2) is 0 Å². The first-order valence-electron chi connectivity index (χ1n) is 9.76. The van der Waals surface area contributed by atoms with Crippen LogP contribution in [0.2, 0.25) is 0 Å². The van der Waals surface area contributed by atoms with Crippen LogP contribution < -0.4 is 14.7 Å². The number of quaternary nitrogens is 1. The molecule has 1 saturated heterocycles. The summed E-state index contributed by atoms with van der Waals surface area (Å²) in [6, 6.07) is 15.1. The van der Waals surface area contributed by atoms with Gasteiger partial charge in [-0.1, -0.05) is 18.2 Å². The Bertz CT molecular complexity index is 875. The fourth-order valence-electron chi connectivity index (χ4n) is 4.29. The number of non-ortho nitro benzene ring substituents is 1. The van der Waals surface area contributed by atoms with E-state index in [9.17, 15) is 14.9 Å². The van der Waals surface area contributed by atoms with E-state index in [1.807, 2.05) is 23.1 Å². The highest BCUT2D eigenvalue weighted by molar-refractivity contribution is 5.96. The van der Waals surface area contributed by atoms with Gasteiger partial charge in [-0.05, 0) is 37.1 Å². The van der Waals surface area contributed by atoms with E-state index in [2.05, 4.69) is 17.9 Å². The van der Waals surface area contributed by atoms with Gasteiger partial charge in [0.05, 0.1) is 31.1 Å². The Morgan fingerprint density at radius 3 is 2.50 bits per heavy atom. The molecule has 2 aliphatic rings. The highest BCUT2D eigenvalue weighted by atomic mass is 16.6. The molecule has 7 heteroatoms. The summed E-state index contributed by atoms with van der Waals surface area (Å²) in [6.45, 7) is 6.06. The number of nitro groups is 1. The van der Waals surface area contributed by atoms with E-state index in [0.717, 1.165) is 44.0 Å². The van der Waals surface area contributed by atoms with Crippen LogP contribution in [0.4, 0.5) is 17.1 Å². The third-order valence-corrected chi connectivity index (χ3v) is 5.77. The molecular formula is C21H25N4O3+. The molecular weight excluding hydrogens is 356 g/mol. The Labute approximate surface area is 164 Å². The second-order valence-corrected chi connectivity index (χ2v) is 7.63. The van der Waals surface area contributed by atoms with Crippen LogP contribution in [0.25, 0.3) is 0 Å². The van der Waals surface area contributed by atoms with Crippen molar-refractivity contribution in [1.29, 1.82) is 0 Å². The molecule has 0 bridgehead atoms. The average Bonchev–Trinajstić information content (AvgIpc) is 3.04. The molecule has 0 unspecified atom stereocenters. The van der Waals surface area contributed by atoms with Gasteiger partial charge in [0, 0.05) is 29.5 Å². The number of benzene rings is 2. The number of anilines is 2. The van der Waals surface area contributed by atoms with Crippen molar-refractivity contribution < 1.29 is 14.6 Å². The lowest BCUT2D eigenvalue weighted by Crippen LogP contribution is -3.16. The summed E-state index contributed by atoms with van der Waals surface area (Å²) in [5.41, 5.74) is 3.42. The predicted molar refractivity (Wildman–Crippen MR) is 108 cm³/mol. The molecule has 0 aromatic heterocycles. The lowest BCUT2D eigenvalue weighted by molar-refractivity contribution is -0.892. The molecule has 0 aliphatic carbocycles. The van der Waals surface area contributed by atoms with E-state index >= 15 is 0 Å². The Morgan fingerprint density at radius 1 is 1.14 bits per heavy atom. The zero-order chi connectivity index (χ0) is 19.7. The smallest absolute Gasteiger partial charge is 0.282 e. The molecule has 146 valence electrons. The second-order valence-electron chi connectivity index (χ2n) is 7.63. The molecule has 1 amide bonds. The van der Waals surface area contributed by atoms with Crippen LogP contribution >= 0.6 is 0 Å².